The summed E-state index contributed by atoms with van der Waals surface area (Å²) in [7, 11) is 0. The van der Waals surface area contributed by atoms with Gasteiger partial charge in [0.1, 0.15) is 0 Å². The number of hydrogen-bond donors (Lipinski definition) is 1. The van der Waals surface area contributed by atoms with Crippen molar-refractivity contribution in [2.75, 3.05) is 0 Å². The highest BCUT2D eigenvalue weighted by Gasteiger charge is 2.05. The average Bonchev–Trinajstić information content (AvgIpc) is 2.29. The van der Waals surface area contributed by atoms with Crippen LogP contribution < -0.4 is 5.73 Å². The first-order chi connectivity index (χ1) is 7.27. The van der Waals surface area contributed by atoms with Crippen LogP contribution in [0, 0.1) is 0 Å². The molecule has 0 bridgehead atoms. The highest BCUT2D eigenvalue weighted by atomic mass is 14.6. The lowest BCUT2D eigenvalue weighted by Crippen LogP contribution is -2.10. The minimum atomic E-state index is 0.0913. The van der Waals surface area contributed by atoms with E-state index in [0.717, 1.165) is 6.42 Å². The Labute approximate surface area is 92.3 Å². The molecule has 0 spiro atoms. The lowest BCUT2D eigenvalue weighted by Gasteiger charge is -2.12. The van der Waals surface area contributed by atoms with E-state index in [0.29, 0.717) is 0 Å². The van der Waals surface area contributed by atoms with Gasteiger partial charge in [0.25, 0.3) is 0 Å². The predicted molar refractivity (Wildman–Crippen MR) is 66.6 cm³/mol. The predicted octanol–water partition coefficient (Wildman–Crippen LogP) is 3.60. The summed E-state index contributed by atoms with van der Waals surface area (Å²) in [6.07, 6.45) is 7.17. The number of hydrogen-bond acceptors (Lipinski definition) is 1. The van der Waals surface area contributed by atoms with E-state index in [4.69, 9.17) is 5.73 Å². The molecule has 80 valence electrons. The largest absolute Gasteiger partial charge is 0.324 e. The Balaban J connectivity index is 2.67. The van der Waals surface area contributed by atoms with Crippen LogP contribution in [0.2, 0.25) is 0 Å². The van der Waals surface area contributed by atoms with Crippen LogP contribution in [0.3, 0.4) is 0 Å². The van der Waals surface area contributed by atoms with Crippen LogP contribution in [0.4, 0.5) is 0 Å². The number of allylic oxidation sites excluding steroid dienone is 3. The quantitative estimate of drug-likeness (QED) is 0.740. The van der Waals surface area contributed by atoms with Crippen molar-refractivity contribution in [3.8, 4) is 0 Å². The number of benzene rings is 1. The number of nitrogens with two attached hydrogens (primary N) is 1. The second-order valence-corrected chi connectivity index (χ2v) is 3.58. The third-order valence-electron chi connectivity index (χ3n) is 2.43. The normalized spacial score (nSPS) is 14.5. The van der Waals surface area contributed by atoms with Crippen LogP contribution >= 0.6 is 0 Å². The Kier molecular flexibility index (Phi) is 4.85. The molecule has 0 heterocycles. The molecule has 1 aromatic carbocycles. The first-order valence-electron chi connectivity index (χ1n) is 5.36. The summed E-state index contributed by atoms with van der Waals surface area (Å²) in [4.78, 5) is 0. The Morgan fingerprint density at radius 2 is 1.93 bits per heavy atom. The van der Waals surface area contributed by atoms with E-state index in [2.05, 4.69) is 24.3 Å². The van der Waals surface area contributed by atoms with E-state index in [9.17, 15) is 0 Å². The molecule has 15 heavy (non-hydrogen) atoms. The molecule has 0 aliphatic carbocycles. The van der Waals surface area contributed by atoms with Gasteiger partial charge in [-0.15, -0.1) is 0 Å². The highest BCUT2D eigenvalue weighted by molar-refractivity contribution is 5.24. The maximum Gasteiger partial charge on any atom is 0.0335 e. The monoisotopic (exact) mass is 201 g/mol. The van der Waals surface area contributed by atoms with Gasteiger partial charge in [-0.3, -0.25) is 0 Å². The molecule has 0 radical (unpaired) electrons. The maximum absolute atomic E-state index is 6.13. The van der Waals surface area contributed by atoms with E-state index >= 15 is 0 Å². The molecule has 0 aliphatic rings. The van der Waals surface area contributed by atoms with Gasteiger partial charge in [0.15, 0.2) is 0 Å². The van der Waals surface area contributed by atoms with E-state index in [-0.39, 0.29) is 6.04 Å². The fourth-order valence-corrected chi connectivity index (χ4v) is 1.57. The van der Waals surface area contributed by atoms with Crippen molar-refractivity contribution < 1.29 is 0 Å². The topological polar surface area (TPSA) is 26.0 Å². The molecule has 0 saturated heterocycles. The molecule has 0 aliphatic heterocycles. The van der Waals surface area contributed by atoms with Crippen LogP contribution in [-0.4, -0.2) is 0 Å². The molecular formula is C14H19N. The van der Waals surface area contributed by atoms with Crippen molar-refractivity contribution in [2.45, 2.75) is 26.3 Å². The third-order valence-corrected chi connectivity index (χ3v) is 2.43. The summed E-state index contributed by atoms with van der Waals surface area (Å²) >= 11 is 0. The van der Waals surface area contributed by atoms with Crippen LogP contribution in [-0.2, 0) is 0 Å². The van der Waals surface area contributed by atoms with Crippen molar-refractivity contribution in [1.82, 2.24) is 0 Å². The Morgan fingerprint density at radius 3 is 2.47 bits per heavy atom. The molecule has 2 N–H and O–H groups in total. The number of rotatable bonds is 4. The van der Waals surface area contributed by atoms with E-state index in [1.807, 2.05) is 38.1 Å². The molecule has 1 aromatic rings. The molecule has 1 nitrogen and oxygen atoms in total. The molecule has 0 saturated carbocycles. The fourth-order valence-electron chi connectivity index (χ4n) is 1.57. The standard InChI is InChI=1S/C14H19N/c1-3-8-12(4-2)11-14(15)13-9-6-5-7-10-13/h3-10,14H,11,15H2,1-2H3/b8-3-,12-4+. The fraction of sp³-hybridized carbons (Fsp3) is 0.286. The Hall–Kier alpha value is -1.34. The van der Waals surface area contributed by atoms with E-state index < -0.39 is 0 Å². The second-order valence-electron chi connectivity index (χ2n) is 3.58. The minimum Gasteiger partial charge on any atom is -0.324 e. The first kappa shape index (κ1) is 11.7. The minimum absolute atomic E-state index is 0.0913. The molecule has 0 amide bonds. The Morgan fingerprint density at radius 1 is 1.27 bits per heavy atom. The summed E-state index contributed by atoms with van der Waals surface area (Å²) in [5.74, 6) is 0. The molecule has 1 unspecified atom stereocenters. The zero-order valence-electron chi connectivity index (χ0n) is 9.48. The second kappa shape index (κ2) is 6.20. The highest BCUT2D eigenvalue weighted by Crippen LogP contribution is 2.18. The zero-order chi connectivity index (χ0) is 11.1. The third kappa shape index (κ3) is 3.72. The first-order valence-corrected chi connectivity index (χ1v) is 5.36. The van der Waals surface area contributed by atoms with Gasteiger partial charge in [-0.25, -0.2) is 0 Å². The van der Waals surface area contributed by atoms with Crippen molar-refractivity contribution in [3.63, 3.8) is 0 Å². The average molecular weight is 201 g/mol. The molecule has 1 rings (SSSR count). The van der Waals surface area contributed by atoms with Gasteiger partial charge in [-0.1, -0.05) is 54.1 Å². The summed E-state index contributed by atoms with van der Waals surface area (Å²) < 4.78 is 0. The Bertz CT molecular complexity index is 336. The summed E-state index contributed by atoms with van der Waals surface area (Å²) in [6.45, 7) is 4.07. The van der Waals surface area contributed by atoms with Crippen LogP contribution in [0.5, 0.6) is 0 Å². The molecule has 0 fully saturated rings. The smallest absolute Gasteiger partial charge is 0.0335 e. The maximum atomic E-state index is 6.13. The molecule has 0 aromatic heterocycles. The summed E-state index contributed by atoms with van der Waals surface area (Å²) in [6, 6.07) is 10.3. The van der Waals surface area contributed by atoms with Crippen molar-refractivity contribution >= 4 is 0 Å². The van der Waals surface area contributed by atoms with Gasteiger partial charge in [-0.05, 0) is 25.8 Å². The van der Waals surface area contributed by atoms with Crippen molar-refractivity contribution in [2.24, 2.45) is 5.73 Å². The van der Waals surface area contributed by atoms with Gasteiger partial charge < -0.3 is 5.73 Å². The van der Waals surface area contributed by atoms with Crippen LogP contribution in [0.25, 0.3) is 0 Å². The van der Waals surface area contributed by atoms with Crippen molar-refractivity contribution in [1.29, 1.82) is 0 Å². The van der Waals surface area contributed by atoms with E-state index in [1.54, 1.807) is 0 Å². The molecule has 1 heteroatoms. The van der Waals surface area contributed by atoms with Gasteiger partial charge in [-0.2, -0.15) is 0 Å². The van der Waals surface area contributed by atoms with Gasteiger partial charge in [0, 0.05) is 6.04 Å². The van der Waals surface area contributed by atoms with Gasteiger partial charge in [0.05, 0.1) is 0 Å². The lowest BCUT2D eigenvalue weighted by atomic mass is 9.99. The van der Waals surface area contributed by atoms with Gasteiger partial charge >= 0.3 is 0 Å². The SMILES string of the molecule is C/C=C\C(=C/C)CC(N)c1ccccc1. The van der Waals surface area contributed by atoms with Crippen molar-refractivity contribution in [3.05, 3.63) is 59.7 Å². The molecular weight excluding hydrogens is 182 g/mol. The van der Waals surface area contributed by atoms with Crippen LogP contribution in [0.15, 0.2) is 54.1 Å². The molecule has 1 atom stereocenters. The van der Waals surface area contributed by atoms with E-state index in [1.165, 1.54) is 11.1 Å². The zero-order valence-corrected chi connectivity index (χ0v) is 9.48. The summed E-state index contributed by atoms with van der Waals surface area (Å²) in [5.41, 5.74) is 8.61. The van der Waals surface area contributed by atoms with Crippen LogP contribution in [0.1, 0.15) is 31.9 Å². The summed E-state index contributed by atoms with van der Waals surface area (Å²) in [5, 5.41) is 0. The van der Waals surface area contributed by atoms with Gasteiger partial charge in [0.2, 0.25) is 0 Å². The lowest BCUT2D eigenvalue weighted by molar-refractivity contribution is 0.724.